The molecule has 2 fully saturated rings. The van der Waals surface area contributed by atoms with Gasteiger partial charge in [0.25, 0.3) is 5.91 Å². The Morgan fingerprint density at radius 3 is 2.63 bits per heavy atom. The zero-order valence-corrected chi connectivity index (χ0v) is 15.6. The lowest BCUT2D eigenvalue weighted by Crippen LogP contribution is -2.39. The van der Waals surface area contributed by atoms with Gasteiger partial charge in [0.15, 0.2) is 0 Å². The van der Waals surface area contributed by atoms with Gasteiger partial charge in [-0.15, -0.1) is 10.2 Å². The van der Waals surface area contributed by atoms with E-state index in [1.54, 1.807) is 12.4 Å². The van der Waals surface area contributed by atoms with E-state index in [0.29, 0.717) is 24.7 Å². The lowest BCUT2D eigenvalue weighted by molar-refractivity contribution is 0.0326. The lowest BCUT2D eigenvalue weighted by Gasteiger charge is -2.31. The summed E-state index contributed by atoms with van der Waals surface area (Å²) in [5, 5.41) is 8.88. The largest absolute Gasteiger partial charge is 0.379 e. The first-order valence-corrected chi connectivity index (χ1v) is 9.46. The molecule has 4 rings (SSSR count). The van der Waals surface area contributed by atoms with Crippen LogP contribution in [0.5, 0.6) is 0 Å². The van der Waals surface area contributed by atoms with Gasteiger partial charge in [0.2, 0.25) is 0 Å². The summed E-state index contributed by atoms with van der Waals surface area (Å²) in [6.45, 7) is 5.64. The summed E-state index contributed by atoms with van der Waals surface area (Å²) in [4.78, 5) is 24.8. The predicted molar refractivity (Wildman–Crippen MR) is 97.0 cm³/mol. The molecule has 4 heterocycles. The Labute approximate surface area is 158 Å². The van der Waals surface area contributed by atoms with Crippen LogP contribution in [0.2, 0.25) is 0 Å². The third kappa shape index (κ3) is 3.98. The topological polar surface area (TPSA) is 89.3 Å². The summed E-state index contributed by atoms with van der Waals surface area (Å²) in [5.74, 6) is 2.29. The van der Waals surface area contributed by atoms with Crippen molar-refractivity contribution in [2.24, 2.45) is 7.05 Å². The third-order valence-electron chi connectivity index (χ3n) is 5.40. The summed E-state index contributed by atoms with van der Waals surface area (Å²) in [5.41, 5.74) is 0.405. The Hall–Kier alpha value is -2.39. The molecule has 0 spiro atoms. The molecule has 2 aromatic heterocycles. The van der Waals surface area contributed by atoms with Crippen LogP contribution in [-0.4, -0.2) is 79.8 Å². The van der Waals surface area contributed by atoms with Crippen molar-refractivity contribution in [1.82, 2.24) is 34.5 Å². The van der Waals surface area contributed by atoms with Gasteiger partial charge in [-0.1, -0.05) is 0 Å². The van der Waals surface area contributed by atoms with E-state index in [2.05, 4.69) is 29.6 Å². The third-order valence-corrected chi connectivity index (χ3v) is 5.40. The second kappa shape index (κ2) is 8.10. The number of carbonyl (C=O) groups is 1. The number of nitrogens with zero attached hydrogens (tertiary/aromatic N) is 7. The number of aromatic nitrogens is 5. The van der Waals surface area contributed by atoms with Crippen molar-refractivity contribution in [1.29, 1.82) is 0 Å². The highest BCUT2D eigenvalue weighted by Gasteiger charge is 2.28. The van der Waals surface area contributed by atoms with Crippen LogP contribution in [0.25, 0.3) is 0 Å². The molecule has 0 aromatic carbocycles. The molecule has 2 saturated heterocycles. The fraction of sp³-hybridized carbons (Fsp3) is 0.611. The Morgan fingerprint density at radius 2 is 1.93 bits per heavy atom. The number of hydrogen-bond donors (Lipinski definition) is 0. The molecule has 1 amide bonds. The number of amides is 1. The van der Waals surface area contributed by atoms with Crippen LogP contribution in [0, 0.1) is 0 Å². The summed E-state index contributed by atoms with van der Waals surface area (Å²) >= 11 is 0. The van der Waals surface area contributed by atoms with E-state index in [9.17, 15) is 4.79 Å². The number of ether oxygens (including phenoxy) is 1. The van der Waals surface area contributed by atoms with Gasteiger partial charge in [0.1, 0.15) is 17.3 Å². The second-order valence-corrected chi connectivity index (χ2v) is 7.08. The van der Waals surface area contributed by atoms with E-state index in [4.69, 9.17) is 4.74 Å². The van der Waals surface area contributed by atoms with Gasteiger partial charge in [-0.3, -0.25) is 14.7 Å². The molecule has 0 saturated carbocycles. The van der Waals surface area contributed by atoms with Gasteiger partial charge < -0.3 is 14.2 Å². The molecule has 27 heavy (non-hydrogen) atoms. The van der Waals surface area contributed by atoms with Crippen molar-refractivity contribution in [2.45, 2.75) is 25.3 Å². The van der Waals surface area contributed by atoms with Gasteiger partial charge in [0.05, 0.1) is 26.0 Å². The number of hydrogen-bond acceptors (Lipinski definition) is 7. The molecular weight excluding hydrogens is 346 g/mol. The molecule has 0 atom stereocenters. The molecule has 9 heteroatoms. The second-order valence-electron chi connectivity index (χ2n) is 7.08. The number of rotatable bonds is 4. The molecular formula is C18H25N7O2. The predicted octanol–water partition coefficient (Wildman–Crippen LogP) is 0.457. The highest BCUT2D eigenvalue weighted by Crippen LogP contribution is 2.27. The van der Waals surface area contributed by atoms with Crippen LogP contribution in [0.15, 0.2) is 18.6 Å². The van der Waals surface area contributed by atoms with Crippen molar-refractivity contribution >= 4 is 5.91 Å². The maximum absolute atomic E-state index is 12.5. The number of carbonyl (C=O) groups excluding carboxylic acids is 1. The summed E-state index contributed by atoms with van der Waals surface area (Å²) < 4.78 is 7.53. The average Bonchev–Trinajstić information content (AvgIpc) is 3.09. The van der Waals surface area contributed by atoms with Gasteiger partial charge in [-0.05, 0) is 12.8 Å². The van der Waals surface area contributed by atoms with Gasteiger partial charge in [0, 0.05) is 51.5 Å². The average molecular weight is 371 g/mol. The summed E-state index contributed by atoms with van der Waals surface area (Å²) in [6, 6.07) is 0. The zero-order valence-electron chi connectivity index (χ0n) is 15.6. The fourth-order valence-electron chi connectivity index (χ4n) is 3.74. The minimum Gasteiger partial charge on any atom is -0.379 e. The Kier molecular flexibility index (Phi) is 5.40. The Morgan fingerprint density at radius 1 is 1.15 bits per heavy atom. The maximum atomic E-state index is 12.5. The quantitative estimate of drug-likeness (QED) is 0.771. The van der Waals surface area contributed by atoms with Crippen LogP contribution in [0.3, 0.4) is 0 Å². The van der Waals surface area contributed by atoms with E-state index >= 15 is 0 Å². The molecule has 0 bridgehead atoms. The molecule has 0 unspecified atom stereocenters. The summed E-state index contributed by atoms with van der Waals surface area (Å²) in [7, 11) is 2.04. The minimum atomic E-state index is -0.0486. The van der Waals surface area contributed by atoms with Crippen LogP contribution >= 0.6 is 0 Å². The van der Waals surface area contributed by atoms with E-state index in [-0.39, 0.29) is 5.91 Å². The van der Waals surface area contributed by atoms with Gasteiger partial charge in [-0.2, -0.15) is 0 Å². The maximum Gasteiger partial charge on any atom is 0.274 e. The molecule has 9 nitrogen and oxygen atoms in total. The van der Waals surface area contributed by atoms with Crippen LogP contribution in [0.1, 0.15) is 40.9 Å². The molecule has 2 aliphatic rings. The molecule has 0 radical (unpaired) electrons. The highest BCUT2D eigenvalue weighted by atomic mass is 16.5. The monoisotopic (exact) mass is 371 g/mol. The minimum absolute atomic E-state index is 0.0486. The molecule has 2 aliphatic heterocycles. The van der Waals surface area contributed by atoms with E-state index in [0.717, 1.165) is 57.3 Å². The Balaban J connectivity index is 1.36. The van der Waals surface area contributed by atoms with Crippen molar-refractivity contribution < 1.29 is 9.53 Å². The van der Waals surface area contributed by atoms with Gasteiger partial charge in [-0.25, -0.2) is 4.98 Å². The van der Waals surface area contributed by atoms with Crippen molar-refractivity contribution in [2.75, 3.05) is 39.4 Å². The highest BCUT2D eigenvalue weighted by molar-refractivity contribution is 5.92. The van der Waals surface area contributed by atoms with Crippen molar-refractivity contribution in [3.05, 3.63) is 35.9 Å². The normalized spacial score (nSPS) is 19.4. The number of morpholine rings is 1. The van der Waals surface area contributed by atoms with Crippen LogP contribution in [0.4, 0.5) is 0 Å². The van der Waals surface area contributed by atoms with E-state index < -0.39 is 0 Å². The molecule has 0 N–H and O–H groups in total. The fourth-order valence-corrected chi connectivity index (χ4v) is 3.74. The van der Waals surface area contributed by atoms with Crippen LogP contribution < -0.4 is 0 Å². The van der Waals surface area contributed by atoms with Crippen molar-refractivity contribution in [3.63, 3.8) is 0 Å². The van der Waals surface area contributed by atoms with Gasteiger partial charge >= 0.3 is 0 Å². The van der Waals surface area contributed by atoms with Crippen LogP contribution in [-0.2, 0) is 18.3 Å². The first-order chi connectivity index (χ1) is 13.2. The Bertz CT molecular complexity index is 765. The SMILES string of the molecule is Cn1c(CN2CCOCC2)nnc1C1CCN(C(=O)c2cnccn2)CC1. The lowest BCUT2D eigenvalue weighted by atomic mass is 9.95. The van der Waals surface area contributed by atoms with E-state index in [1.807, 2.05) is 11.9 Å². The standard InChI is InChI=1S/C18H25N7O2/c1-23-16(13-24-8-10-27-11-9-24)21-22-17(23)14-2-6-25(7-3-14)18(26)15-12-19-4-5-20-15/h4-5,12,14H,2-3,6-11,13H2,1H3. The molecule has 0 aliphatic carbocycles. The zero-order chi connectivity index (χ0) is 18.6. The molecule has 144 valence electrons. The molecule has 2 aromatic rings. The summed E-state index contributed by atoms with van der Waals surface area (Å²) in [6.07, 6.45) is 6.42. The first-order valence-electron chi connectivity index (χ1n) is 9.46. The smallest absolute Gasteiger partial charge is 0.274 e. The van der Waals surface area contributed by atoms with Crippen molar-refractivity contribution in [3.8, 4) is 0 Å². The number of piperidine rings is 1. The van der Waals surface area contributed by atoms with E-state index in [1.165, 1.54) is 6.20 Å². The number of likely N-dealkylation sites (tertiary alicyclic amines) is 1. The first kappa shape index (κ1) is 18.0.